The van der Waals surface area contributed by atoms with E-state index in [1.807, 2.05) is 13.8 Å². The van der Waals surface area contributed by atoms with Crippen LogP contribution in [-0.4, -0.2) is 25.0 Å². The molecule has 0 bridgehead atoms. The van der Waals surface area contributed by atoms with Crippen molar-refractivity contribution in [2.24, 2.45) is 5.92 Å². The minimum atomic E-state index is -1.21. The molecule has 4 nitrogen and oxygen atoms in total. The van der Waals surface area contributed by atoms with E-state index in [0.717, 1.165) is 0 Å². The molecule has 1 saturated heterocycles. The van der Waals surface area contributed by atoms with E-state index in [1.165, 1.54) is 0 Å². The second-order valence-corrected chi connectivity index (χ2v) is 5.29. The van der Waals surface area contributed by atoms with Crippen LogP contribution in [0.2, 0.25) is 0 Å². The molecule has 0 aromatic heterocycles. The highest BCUT2D eigenvalue weighted by atomic mass is 16.6. The Morgan fingerprint density at radius 2 is 1.79 bits per heavy atom. The molecule has 0 aliphatic carbocycles. The van der Waals surface area contributed by atoms with Crippen molar-refractivity contribution in [2.45, 2.75) is 32.3 Å². The molecule has 1 aromatic rings. The van der Waals surface area contributed by atoms with Crippen molar-refractivity contribution >= 4 is 11.8 Å². The van der Waals surface area contributed by atoms with Crippen molar-refractivity contribution in [3.05, 3.63) is 29.8 Å². The lowest BCUT2D eigenvalue weighted by Gasteiger charge is -2.18. The second kappa shape index (κ2) is 4.68. The number of hydrogen-bond donors (Lipinski definition) is 0. The van der Waals surface area contributed by atoms with Crippen molar-refractivity contribution < 1.29 is 19.1 Å². The first-order valence-electron chi connectivity index (χ1n) is 6.31. The van der Waals surface area contributed by atoms with Crippen LogP contribution in [0.3, 0.4) is 0 Å². The lowest BCUT2D eigenvalue weighted by Crippen LogP contribution is -2.37. The number of ether oxygens (including phenoxy) is 2. The van der Waals surface area contributed by atoms with Crippen LogP contribution in [0.5, 0.6) is 5.75 Å². The number of carbonyl (C=O) groups is 2. The first-order valence-corrected chi connectivity index (χ1v) is 6.31. The Morgan fingerprint density at radius 3 is 2.21 bits per heavy atom. The standard InChI is InChI=1S/C15H18O4/c1-9(2)12-13(16)15(3,14(17)19-12)10-5-7-11(18-4)8-6-10/h5-9,12H,1-4H3/t12-,15+/m0/s1. The summed E-state index contributed by atoms with van der Waals surface area (Å²) < 4.78 is 10.3. The summed E-state index contributed by atoms with van der Waals surface area (Å²) in [5, 5.41) is 0. The number of cyclic esters (lactones) is 1. The van der Waals surface area contributed by atoms with Crippen LogP contribution < -0.4 is 4.74 Å². The highest BCUT2D eigenvalue weighted by molar-refractivity contribution is 6.15. The number of carbonyl (C=O) groups excluding carboxylic acids is 2. The average molecular weight is 262 g/mol. The van der Waals surface area contributed by atoms with E-state index in [0.29, 0.717) is 11.3 Å². The van der Waals surface area contributed by atoms with Crippen molar-refractivity contribution in [1.29, 1.82) is 0 Å². The van der Waals surface area contributed by atoms with Crippen molar-refractivity contribution in [1.82, 2.24) is 0 Å². The van der Waals surface area contributed by atoms with E-state index >= 15 is 0 Å². The summed E-state index contributed by atoms with van der Waals surface area (Å²) in [7, 11) is 1.57. The number of rotatable bonds is 3. The molecule has 1 fully saturated rings. The first-order chi connectivity index (χ1) is 8.91. The smallest absolute Gasteiger partial charge is 0.324 e. The molecule has 1 aromatic carbocycles. The molecule has 2 atom stereocenters. The molecule has 1 aliphatic heterocycles. The molecule has 19 heavy (non-hydrogen) atoms. The molecule has 0 saturated carbocycles. The van der Waals surface area contributed by atoms with Crippen LogP contribution in [0.1, 0.15) is 26.3 Å². The molecule has 4 heteroatoms. The molecule has 1 heterocycles. The van der Waals surface area contributed by atoms with Gasteiger partial charge in [-0.25, -0.2) is 0 Å². The molecular weight excluding hydrogens is 244 g/mol. The van der Waals surface area contributed by atoms with E-state index in [1.54, 1.807) is 38.3 Å². The lowest BCUT2D eigenvalue weighted by molar-refractivity contribution is -0.146. The van der Waals surface area contributed by atoms with Crippen molar-refractivity contribution in [3.8, 4) is 5.75 Å². The predicted molar refractivity (Wildman–Crippen MR) is 70.1 cm³/mol. The van der Waals surface area contributed by atoms with Gasteiger partial charge in [0.25, 0.3) is 0 Å². The van der Waals surface area contributed by atoms with Gasteiger partial charge < -0.3 is 9.47 Å². The van der Waals surface area contributed by atoms with Crippen LogP contribution in [0.4, 0.5) is 0 Å². The van der Waals surface area contributed by atoms with E-state index in [-0.39, 0.29) is 11.7 Å². The fraction of sp³-hybridized carbons (Fsp3) is 0.467. The van der Waals surface area contributed by atoms with Gasteiger partial charge in [-0.1, -0.05) is 26.0 Å². The van der Waals surface area contributed by atoms with Gasteiger partial charge in [0, 0.05) is 0 Å². The molecule has 1 aliphatic rings. The van der Waals surface area contributed by atoms with Gasteiger partial charge in [0.05, 0.1) is 7.11 Å². The summed E-state index contributed by atoms with van der Waals surface area (Å²) >= 11 is 0. The maximum atomic E-state index is 12.5. The number of hydrogen-bond acceptors (Lipinski definition) is 4. The molecule has 2 rings (SSSR count). The Labute approximate surface area is 112 Å². The van der Waals surface area contributed by atoms with Gasteiger partial charge in [0.2, 0.25) is 0 Å². The van der Waals surface area contributed by atoms with E-state index in [9.17, 15) is 9.59 Å². The number of ketones is 1. The molecule has 0 unspecified atom stereocenters. The van der Waals surface area contributed by atoms with Crippen molar-refractivity contribution in [3.63, 3.8) is 0 Å². The fourth-order valence-corrected chi connectivity index (χ4v) is 2.30. The second-order valence-electron chi connectivity index (χ2n) is 5.29. The summed E-state index contributed by atoms with van der Waals surface area (Å²) in [4.78, 5) is 24.6. The van der Waals surface area contributed by atoms with Crippen LogP contribution in [0, 0.1) is 5.92 Å². The normalized spacial score (nSPS) is 26.7. The summed E-state index contributed by atoms with van der Waals surface area (Å²) in [5.74, 6) is 0.0297. The minimum absolute atomic E-state index is 0.0171. The van der Waals surface area contributed by atoms with Gasteiger partial charge in [-0.2, -0.15) is 0 Å². The maximum absolute atomic E-state index is 12.5. The van der Waals surface area contributed by atoms with E-state index < -0.39 is 17.5 Å². The van der Waals surface area contributed by atoms with E-state index in [4.69, 9.17) is 9.47 Å². The number of benzene rings is 1. The largest absolute Gasteiger partial charge is 0.497 e. The highest BCUT2D eigenvalue weighted by Crippen LogP contribution is 2.37. The van der Waals surface area contributed by atoms with Gasteiger partial charge in [-0.3, -0.25) is 9.59 Å². The number of methoxy groups -OCH3 is 1. The third-order valence-corrected chi connectivity index (χ3v) is 3.67. The molecule has 0 amide bonds. The molecular formula is C15H18O4. The minimum Gasteiger partial charge on any atom is -0.497 e. The van der Waals surface area contributed by atoms with Crippen LogP contribution in [0.15, 0.2) is 24.3 Å². The van der Waals surface area contributed by atoms with Gasteiger partial charge in [0.15, 0.2) is 17.3 Å². The maximum Gasteiger partial charge on any atom is 0.324 e. The Balaban J connectivity index is 2.40. The van der Waals surface area contributed by atoms with E-state index in [2.05, 4.69) is 0 Å². The zero-order valence-corrected chi connectivity index (χ0v) is 11.6. The summed E-state index contributed by atoms with van der Waals surface area (Å²) in [6, 6.07) is 6.95. The van der Waals surface area contributed by atoms with Crippen LogP contribution in [0.25, 0.3) is 0 Å². The fourth-order valence-electron chi connectivity index (χ4n) is 2.30. The van der Waals surface area contributed by atoms with Gasteiger partial charge >= 0.3 is 5.97 Å². The molecule has 0 N–H and O–H groups in total. The summed E-state index contributed by atoms with van der Waals surface area (Å²) in [6.07, 6.45) is -0.653. The van der Waals surface area contributed by atoms with Gasteiger partial charge in [-0.15, -0.1) is 0 Å². The average Bonchev–Trinajstić information content (AvgIpc) is 2.64. The Hall–Kier alpha value is -1.84. The quantitative estimate of drug-likeness (QED) is 0.618. The third-order valence-electron chi connectivity index (χ3n) is 3.67. The summed E-state index contributed by atoms with van der Waals surface area (Å²) in [5.41, 5.74) is -0.562. The Morgan fingerprint density at radius 1 is 1.21 bits per heavy atom. The van der Waals surface area contributed by atoms with Crippen molar-refractivity contribution in [2.75, 3.05) is 7.11 Å². The Bertz CT molecular complexity index is 503. The van der Waals surface area contributed by atoms with Crippen LogP contribution in [-0.2, 0) is 19.7 Å². The van der Waals surface area contributed by atoms with Crippen LogP contribution >= 0.6 is 0 Å². The molecule has 0 radical (unpaired) electrons. The molecule has 102 valence electrons. The Kier molecular flexibility index (Phi) is 3.35. The number of esters is 1. The third kappa shape index (κ3) is 2.01. The predicted octanol–water partition coefficient (Wildman–Crippen LogP) is 2.10. The highest BCUT2D eigenvalue weighted by Gasteiger charge is 2.55. The topological polar surface area (TPSA) is 52.6 Å². The zero-order valence-electron chi connectivity index (χ0n) is 11.6. The van der Waals surface area contributed by atoms with Gasteiger partial charge in [0.1, 0.15) is 5.75 Å². The summed E-state index contributed by atoms with van der Waals surface area (Å²) in [6.45, 7) is 5.37. The first kappa shape index (κ1) is 13.6. The van der Waals surface area contributed by atoms with Gasteiger partial charge in [-0.05, 0) is 30.5 Å². The molecule has 0 spiro atoms. The SMILES string of the molecule is COc1ccc([C@@]2(C)C(=O)O[C@@H](C(C)C)C2=O)cc1. The monoisotopic (exact) mass is 262 g/mol. The zero-order chi connectivity index (χ0) is 14.2. The lowest BCUT2D eigenvalue weighted by atomic mass is 9.77. The number of Topliss-reactive ketones (excluding diaryl/α,β-unsaturated/α-hetero) is 1.